The van der Waals surface area contributed by atoms with Crippen LogP contribution in [0.25, 0.3) is 0 Å². The van der Waals surface area contributed by atoms with Gasteiger partial charge >= 0.3 is 0 Å². The average Bonchev–Trinajstić information content (AvgIpc) is 2.19. The molecule has 0 spiro atoms. The summed E-state index contributed by atoms with van der Waals surface area (Å²) < 4.78 is -1.32. The van der Waals surface area contributed by atoms with E-state index in [0.29, 0.717) is 11.4 Å². The van der Waals surface area contributed by atoms with Crippen LogP contribution < -0.4 is 0 Å². The SMILES string of the molecule is CC(C)=C1N=C(C(C)C)C(C)(O)C1(O)I. The van der Waals surface area contributed by atoms with E-state index in [1.54, 1.807) is 6.92 Å². The van der Waals surface area contributed by atoms with Crippen LogP contribution in [-0.2, 0) is 0 Å². The number of aliphatic imine (C=N–C) groups is 1. The van der Waals surface area contributed by atoms with E-state index in [1.807, 2.05) is 50.3 Å². The van der Waals surface area contributed by atoms with Crippen molar-refractivity contribution in [1.82, 2.24) is 0 Å². The first kappa shape index (κ1) is 13.1. The van der Waals surface area contributed by atoms with Gasteiger partial charge in [-0.25, -0.2) is 0 Å². The van der Waals surface area contributed by atoms with Gasteiger partial charge in [0.15, 0.2) is 3.61 Å². The van der Waals surface area contributed by atoms with Crippen LogP contribution in [0.2, 0.25) is 0 Å². The molecule has 0 aromatic heterocycles. The van der Waals surface area contributed by atoms with Crippen LogP contribution in [-0.4, -0.2) is 25.1 Å². The van der Waals surface area contributed by atoms with Gasteiger partial charge in [0.1, 0.15) is 5.60 Å². The Balaban J connectivity index is 3.37. The number of aliphatic hydroxyl groups is 2. The Morgan fingerprint density at radius 3 is 2.00 bits per heavy atom. The number of alkyl halides is 1. The van der Waals surface area contributed by atoms with Crippen molar-refractivity contribution in [3.05, 3.63) is 11.3 Å². The highest BCUT2D eigenvalue weighted by atomic mass is 127. The Labute approximate surface area is 104 Å². The van der Waals surface area contributed by atoms with E-state index >= 15 is 0 Å². The lowest BCUT2D eigenvalue weighted by Gasteiger charge is -2.32. The van der Waals surface area contributed by atoms with E-state index in [1.165, 1.54) is 0 Å². The number of halogens is 1. The van der Waals surface area contributed by atoms with Crippen molar-refractivity contribution in [2.24, 2.45) is 10.9 Å². The van der Waals surface area contributed by atoms with E-state index in [2.05, 4.69) is 4.99 Å². The number of hydrogen-bond donors (Lipinski definition) is 2. The van der Waals surface area contributed by atoms with Gasteiger partial charge in [0, 0.05) is 0 Å². The number of allylic oxidation sites excluding steroid dienone is 1. The summed E-state index contributed by atoms with van der Waals surface area (Å²) in [4.78, 5) is 4.38. The summed E-state index contributed by atoms with van der Waals surface area (Å²) in [7, 11) is 0. The second kappa shape index (κ2) is 3.82. The molecule has 0 saturated heterocycles. The van der Waals surface area contributed by atoms with Gasteiger partial charge in [-0.05, 0) is 49.3 Å². The summed E-state index contributed by atoms with van der Waals surface area (Å²) >= 11 is 1.87. The van der Waals surface area contributed by atoms with E-state index < -0.39 is 9.21 Å². The Bertz CT molecular complexity index is 336. The number of hydrogen-bond acceptors (Lipinski definition) is 3. The van der Waals surface area contributed by atoms with Crippen LogP contribution in [0.5, 0.6) is 0 Å². The molecular weight excluding hydrogens is 305 g/mol. The Kier molecular flexibility index (Phi) is 3.34. The molecule has 0 aromatic rings. The molecule has 1 heterocycles. The molecule has 86 valence electrons. The number of nitrogens with zero attached hydrogens (tertiary/aromatic N) is 1. The number of rotatable bonds is 1. The normalized spacial score (nSPS) is 36.1. The molecule has 2 unspecified atom stereocenters. The quantitative estimate of drug-likeness (QED) is 0.574. The third kappa shape index (κ3) is 1.87. The van der Waals surface area contributed by atoms with Gasteiger partial charge < -0.3 is 10.2 Å². The predicted molar refractivity (Wildman–Crippen MR) is 70.2 cm³/mol. The average molecular weight is 323 g/mol. The van der Waals surface area contributed by atoms with Crippen LogP contribution >= 0.6 is 22.6 Å². The summed E-state index contributed by atoms with van der Waals surface area (Å²) in [6, 6.07) is 0. The fourth-order valence-corrected chi connectivity index (χ4v) is 2.77. The minimum absolute atomic E-state index is 0.123. The monoisotopic (exact) mass is 323 g/mol. The van der Waals surface area contributed by atoms with Crippen LogP contribution in [0.15, 0.2) is 16.3 Å². The minimum atomic E-state index is -1.32. The summed E-state index contributed by atoms with van der Waals surface area (Å²) in [6.07, 6.45) is 0. The van der Waals surface area contributed by atoms with Crippen molar-refractivity contribution < 1.29 is 10.2 Å². The predicted octanol–water partition coefficient (Wildman–Crippen LogP) is 2.27. The molecule has 0 bridgehead atoms. The van der Waals surface area contributed by atoms with Gasteiger partial charge in [0.2, 0.25) is 0 Å². The molecule has 0 fully saturated rings. The zero-order chi connectivity index (χ0) is 12.0. The molecule has 2 atom stereocenters. The molecule has 1 aliphatic heterocycles. The van der Waals surface area contributed by atoms with Crippen LogP contribution in [0, 0.1) is 5.92 Å². The summed E-state index contributed by atoms with van der Waals surface area (Å²) in [5.41, 5.74) is 0.879. The zero-order valence-corrected chi connectivity index (χ0v) is 12.0. The second-order valence-corrected chi connectivity index (χ2v) is 6.26. The van der Waals surface area contributed by atoms with Gasteiger partial charge in [-0.2, -0.15) is 0 Å². The maximum atomic E-state index is 10.3. The molecule has 15 heavy (non-hydrogen) atoms. The standard InChI is InChI=1S/C11H18INO2/c1-6(2)8-10(5,14)11(12,15)9(13-8)7(3)4/h6,14-15H,1-5H3. The Hall–Kier alpha value is 0.0600. The molecule has 0 aromatic carbocycles. The van der Waals surface area contributed by atoms with E-state index in [-0.39, 0.29) is 5.92 Å². The van der Waals surface area contributed by atoms with Crippen LogP contribution in [0.4, 0.5) is 0 Å². The molecule has 0 saturated carbocycles. The molecule has 2 N–H and O–H groups in total. The van der Waals surface area contributed by atoms with E-state index in [0.717, 1.165) is 5.57 Å². The third-order valence-electron chi connectivity index (χ3n) is 2.71. The Morgan fingerprint density at radius 1 is 1.33 bits per heavy atom. The van der Waals surface area contributed by atoms with Crippen molar-refractivity contribution >= 4 is 28.3 Å². The lowest BCUT2D eigenvalue weighted by molar-refractivity contribution is 0.00318. The third-order valence-corrected chi connectivity index (χ3v) is 4.27. The molecule has 0 aliphatic carbocycles. The van der Waals surface area contributed by atoms with Gasteiger partial charge in [-0.15, -0.1) is 0 Å². The first-order chi connectivity index (χ1) is 6.62. The maximum Gasteiger partial charge on any atom is 0.191 e. The molecule has 0 amide bonds. The topological polar surface area (TPSA) is 52.8 Å². The summed E-state index contributed by atoms with van der Waals surface area (Å²) in [5, 5.41) is 20.7. The largest absolute Gasteiger partial charge is 0.380 e. The van der Waals surface area contributed by atoms with Crippen LogP contribution in [0.1, 0.15) is 34.6 Å². The first-order valence-electron chi connectivity index (χ1n) is 5.03. The van der Waals surface area contributed by atoms with Gasteiger partial charge in [-0.1, -0.05) is 19.4 Å². The smallest absolute Gasteiger partial charge is 0.191 e. The second-order valence-electron chi connectivity index (χ2n) is 4.69. The van der Waals surface area contributed by atoms with Gasteiger partial charge in [0.25, 0.3) is 0 Å². The highest BCUT2D eigenvalue weighted by Crippen LogP contribution is 2.46. The lowest BCUT2D eigenvalue weighted by atomic mass is 9.88. The van der Waals surface area contributed by atoms with E-state index in [4.69, 9.17) is 0 Å². The molecule has 1 aliphatic rings. The lowest BCUT2D eigenvalue weighted by Crippen LogP contribution is -2.51. The minimum Gasteiger partial charge on any atom is -0.380 e. The van der Waals surface area contributed by atoms with E-state index in [9.17, 15) is 10.2 Å². The highest BCUT2D eigenvalue weighted by Gasteiger charge is 2.55. The van der Waals surface area contributed by atoms with Crippen molar-refractivity contribution in [2.75, 3.05) is 0 Å². The van der Waals surface area contributed by atoms with Gasteiger partial charge in [-0.3, -0.25) is 4.99 Å². The van der Waals surface area contributed by atoms with Crippen molar-refractivity contribution in [1.29, 1.82) is 0 Å². The molecule has 1 rings (SSSR count). The molecular formula is C11H18INO2. The van der Waals surface area contributed by atoms with Crippen molar-refractivity contribution in [2.45, 2.75) is 43.8 Å². The molecule has 3 nitrogen and oxygen atoms in total. The molecule has 4 heteroatoms. The highest BCUT2D eigenvalue weighted by molar-refractivity contribution is 14.1. The van der Waals surface area contributed by atoms with Gasteiger partial charge in [0.05, 0.1) is 11.4 Å². The summed E-state index contributed by atoms with van der Waals surface area (Å²) in [6.45, 7) is 9.33. The van der Waals surface area contributed by atoms with Crippen molar-refractivity contribution in [3.8, 4) is 0 Å². The first-order valence-corrected chi connectivity index (χ1v) is 6.11. The molecule has 0 radical (unpaired) electrons. The van der Waals surface area contributed by atoms with Crippen LogP contribution in [0.3, 0.4) is 0 Å². The fourth-order valence-electron chi connectivity index (χ4n) is 1.84. The maximum absolute atomic E-state index is 10.3. The Morgan fingerprint density at radius 2 is 1.80 bits per heavy atom. The van der Waals surface area contributed by atoms with Crippen molar-refractivity contribution in [3.63, 3.8) is 0 Å². The zero-order valence-electron chi connectivity index (χ0n) is 9.80. The fraction of sp³-hybridized carbons (Fsp3) is 0.727. The summed E-state index contributed by atoms with van der Waals surface area (Å²) in [5.74, 6) is 0.123.